The van der Waals surface area contributed by atoms with Crippen LogP contribution in [0.4, 0.5) is 4.39 Å². The Balaban J connectivity index is 1.45. The first-order valence-corrected chi connectivity index (χ1v) is 10.1. The maximum absolute atomic E-state index is 14.0. The van der Waals surface area contributed by atoms with E-state index in [0.29, 0.717) is 56.4 Å². The minimum Gasteiger partial charge on any atom is -0.497 e. The van der Waals surface area contributed by atoms with Gasteiger partial charge in [0.05, 0.1) is 13.7 Å². The average molecular weight is 420 g/mol. The average Bonchev–Trinajstić information content (AvgIpc) is 2.72. The fourth-order valence-electron chi connectivity index (χ4n) is 3.49. The number of hydrogen-bond donors (Lipinski definition) is 0. The lowest BCUT2D eigenvalue weighted by molar-refractivity contribution is -0.134. The van der Waals surface area contributed by atoms with Crippen LogP contribution in [0, 0.1) is 5.82 Å². The third-order valence-corrected chi connectivity index (χ3v) is 5.54. The summed E-state index contributed by atoms with van der Waals surface area (Å²) in [5, 5.41) is 0.448. The number of methoxy groups -OCH3 is 1. The third kappa shape index (κ3) is 5.92. The van der Waals surface area contributed by atoms with E-state index < -0.39 is 0 Å². The summed E-state index contributed by atoms with van der Waals surface area (Å²) in [6.45, 7) is 4.22. The number of halogens is 2. The molecule has 0 atom stereocenters. The Morgan fingerprint density at radius 2 is 1.83 bits per heavy atom. The first-order valence-electron chi connectivity index (χ1n) is 9.70. The molecule has 2 aromatic carbocycles. The van der Waals surface area contributed by atoms with E-state index in [-0.39, 0.29) is 11.7 Å². The van der Waals surface area contributed by atoms with Gasteiger partial charge in [-0.05, 0) is 36.9 Å². The van der Waals surface area contributed by atoms with Crippen LogP contribution in [0.2, 0.25) is 5.02 Å². The van der Waals surface area contributed by atoms with Gasteiger partial charge in [-0.25, -0.2) is 4.39 Å². The van der Waals surface area contributed by atoms with Crippen LogP contribution in [0.5, 0.6) is 5.75 Å². The molecule has 1 amide bonds. The Kier molecular flexibility index (Phi) is 7.47. The topological polar surface area (TPSA) is 36.0 Å². The molecule has 2 aromatic rings. The van der Waals surface area contributed by atoms with Gasteiger partial charge < -0.3 is 9.64 Å². The highest BCUT2D eigenvalue weighted by Gasteiger charge is 2.23. The van der Waals surface area contributed by atoms with Gasteiger partial charge in [-0.1, -0.05) is 29.8 Å². The predicted octanol–water partition coefficient (Wildman–Crippen LogP) is 3.26. The largest absolute Gasteiger partial charge is 0.497 e. The molecule has 7 heteroatoms. The second-order valence-corrected chi connectivity index (χ2v) is 7.78. The Labute approximate surface area is 176 Å². The lowest BCUT2D eigenvalue weighted by atomic mass is 10.1. The number of carbonyl (C=O) groups excluding carboxylic acids is 1. The highest BCUT2D eigenvalue weighted by molar-refractivity contribution is 6.31. The molecular weight excluding hydrogens is 393 g/mol. The monoisotopic (exact) mass is 419 g/mol. The number of benzene rings is 2. The van der Waals surface area contributed by atoms with E-state index in [1.807, 2.05) is 41.1 Å². The lowest BCUT2D eigenvalue weighted by Gasteiger charge is -2.35. The molecule has 0 saturated carbocycles. The Bertz CT molecular complexity index is 803. The maximum Gasteiger partial charge on any atom is 0.236 e. The Morgan fingerprint density at radius 3 is 2.45 bits per heavy atom. The molecule has 0 aliphatic carbocycles. The van der Waals surface area contributed by atoms with Crippen molar-refractivity contribution in [1.82, 2.24) is 14.7 Å². The van der Waals surface area contributed by atoms with Crippen LogP contribution < -0.4 is 4.74 Å². The van der Waals surface area contributed by atoms with Gasteiger partial charge in [0.15, 0.2) is 0 Å². The summed E-state index contributed by atoms with van der Waals surface area (Å²) in [4.78, 5) is 18.7. The van der Waals surface area contributed by atoms with Crippen LogP contribution in [-0.4, -0.2) is 67.5 Å². The van der Waals surface area contributed by atoms with E-state index in [2.05, 4.69) is 4.90 Å². The summed E-state index contributed by atoms with van der Waals surface area (Å²) in [5.41, 5.74) is 1.65. The van der Waals surface area contributed by atoms with Gasteiger partial charge in [0.25, 0.3) is 0 Å². The molecule has 1 heterocycles. The molecule has 0 unspecified atom stereocenters. The molecule has 5 nitrogen and oxygen atoms in total. The smallest absolute Gasteiger partial charge is 0.236 e. The highest BCUT2D eigenvalue weighted by Crippen LogP contribution is 2.21. The van der Waals surface area contributed by atoms with Crippen molar-refractivity contribution in [2.75, 3.05) is 46.9 Å². The number of nitrogens with zero attached hydrogens (tertiary/aromatic N) is 3. The number of likely N-dealkylation sites (N-methyl/N-ethyl adjacent to an activating group) is 1. The molecule has 0 aromatic heterocycles. The van der Waals surface area contributed by atoms with Gasteiger partial charge >= 0.3 is 0 Å². The minimum absolute atomic E-state index is 0.115. The minimum atomic E-state index is -0.281. The van der Waals surface area contributed by atoms with E-state index in [1.165, 1.54) is 6.07 Å². The molecule has 0 radical (unpaired) electrons. The number of hydrogen-bond acceptors (Lipinski definition) is 4. The molecule has 3 rings (SSSR count). The summed E-state index contributed by atoms with van der Waals surface area (Å²) >= 11 is 6.12. The predicted molar refractivity (Wildman–Crippen MR) is 113 cm³/mol. The number of rotatable bonds is 7. The highest BCUT2D eigenvalue weighted by atomic mass is 35.5. The van der Waals surface area contributed by atoms with Gasteiger partial charge in [-0.3, -0.25) is 14.6 Å². The van der Waals surface area contributed by atoms with Crippen molar-refractivity contribution in [3.8, 4) is 5.75 Å². The van der Waals surface area contributed by atoms with E-state index >= 15 is 0 Å². The van der Waals surface area contributed by atoms with Crippen LogP contribution in [0.15, 0.2) is 42.5 Å². The molecule has 29 heavy (non-hydrogen) atoms. The SMILES string of the molecule is COc1ccc(CN(C)CC(=O)N2CCN(Cc3c(F)cccc3Cl)CC2)cc1. The second-order valence-electron chi connectivity index (χ2n) is 7.38. The summed E-state index contributed by atoms with van der Waals surface area (Å²) in [7, 11) is 3.59. The Hall–Kier alpha value is -2.15. The zero-order chi connectivity index (χ0) is 20.8. The van der Waals surface area contributed by atoms with Crippen LogP contribution >= 0.6 is 11.6 Å². The summed E-state index contributed by atoms with van der Waals surface area (Å²) < 4.78 is 19.2. The number of ether oxygens (including phenoxy) is 1. The van der Waals surface area contributed by atoms with Crippen molar-refractivity contribution >= 4 is 17.5 Å². The van der Waals surface area contributed by atoms with E-state index in [9.17, 15) is 9.18 Å². The van der Waals surface area contributed by atoms with Gasteiger partial charge in [0.2, 0.25) is 5.91 Å². The van der Waals surface area contributed by atoms with Crippen molar-refractivity contribution in [2.45, 2.75) is 13.1 Å². The van der Waals surface area contributed by atoms with E-state index in [1.54, 1.807) is 19.2 Å². The van der Waals surface area contributed by atoms with Gasteiger partial charge in [0.1, 0.15) is 11.6 Å². The molecule has 1 fully saturated rings. The summed E-state index contributed by atoms with van der Waals surface area (Å²) in [6, 6.07) is 12.6. The Morgan fingerprint density at radius 1 is 1.14 bits per heavy atom. The van der Waals surface area contributed by atoms with E-state index in [0.717, 1.165) is 11.3 Å². The first-order chi connectivity index (χ1) is 14.0. The fourth-order valence-corrected chi connectivity index (χ4v) is 3.71. The first kappa shape index (κ1) is 21.6. The molecular formula is C22H27ClFN3O2. The zero-order valence-electron chi connectivity index (χ0n) is 16.9. The normalized spacial score (nSPS) is 15.0. The second kappa shape index (κ2) is 10.1. The molecule has 1 aliphatic heterocycles. The summed E-state index contributed by atoms with van der Waals surface area (Å²) in [5.74, 6) is 0.655. The van der Waals surface area contributed by atoms with Gasteiger partial charge in [-0.2, -0.15) is 0 Å². The standard InChI is InChI=1S/C22H27ClFN3O2/c1-25(14-17-6-8-18(29-2)9-7-17)16-22(28)27-12-10-26(11-13-27)15-19-20(23)4-3-5-21(19)24/h3-9H,10-16H2,1-2H3. The molecule has 0 spiro atoms. The molecule has 1 aliphatic rings. The van der Waals surface area contributed by atoms with Crippen molar-refractivity contribution in [3.63, 3.8) is 0 Å². The van der Waals surface area contributed by atoms with Gasteiger partial charge in [-0.15, -0.1) is 0 Å². The van der Waals surface area contributed by atoms with Crippen LogP contribution in [0.3, 0.4) is 0 Å². The fraction of sp³-hybridized carbons (Fsp3) is 0.409. The van der Waals surface area contributed by atoms with Crippen LogP contribution in [-0.2, 0) is 17.9 Å². The van der Waals surface area contributed by atoms with Crippen molar-refractivity contribution in [2.24, 2.45) is 0 Å². The van der Waals surface area contributed by atoms with Crippen LogP contribution in [0.1, 0.15) is 11.1 Å². The molecule has 1 saturated heterocycles. The molecule has 0 N–H and O–H groups in total. The van der Waals surface area contributed by atoms with Crippen molar-refractivity contribution in [3.05, 3.63) is 64.4 Å². The zero-order valence-corrected chi connectivity index (χ0v) is 17.7. The quantitative estimate of drug-likeness (QED) is 0.690. The van der Waals surface area contributed by atoms with Crippen molar-refractivity contribution in [1.29, 1.82) is 0 Å². The maximum atomic E-state index is 14.0. The third-order valence-electron chi connectivity index (χ3n) is 5.19. The molecule has 156 valence electrons. The van der Waals surface area contributed by atoms with E-state index in [4.69, 9.17) is 16.3 Å². The summed E-state index contributed by atoms with van der Waals surface area (Å²) in [6.07, 6.45) is 0. The van der Waals surface area contributed by atoms with Crippen molar-refractivity contribution < 1.29 is 13.9 Å². The molecule has 0 bridgehead atoms. The number of piperazine rings is 1. The van der Waals surface area contributed by atoms with Gasteiger partial charge in [0, 0.05) is 49.9 Å². The van der Waals surface area contributed by atoms with Crippen LogP contribution in [0.25, 0.3) is 0 Å². The number of carbonyl (C=O) groups is 1. The lowest BCUT2D eigenvalue weighted by Crippen LogP contribution is -2.50. The number of amides is 1.